The van der Waals surface area contributed by atoms with Crippen LogP contribution in [-0.2, 0) is 0 Å². The quantitative estimate of drug-likeness (QED) is 0.725. The lowest BCUT2D eigenvalue weighted by Gasteiger charge is -2.38. The summed E-state index contributed by atoms with van der Waals surface area (Å²) in [6.07, 6.45) is 4.20. The molecule has 0 saturated heterocycles. The van der Waals surface area contributed by atoms with Crippen LogP contribution in [0.4, 0.5) is 0 Å². The van der Waals surface area contributed by atoms with E-state index in [4.69, 9.17) is 5.73 Å². The highest BCUT2D eigenvalue weighted by atomic mass is 15.2. The van der Waals surface area contributed by atoms with Gasteiger partial charge in [-0.25, -0.2) is 0 Å². The molecule has 2 aliphatic rings. The summed E-state index contributed by atoms with van der Waals surface area (Å²) in [5, 5.41) is 0. The Hall–Kier alpha value is -0.0800. The Morgan fingerprint density at radius 3 is 2.36 bits per heavy atom. The molecule has 2 N–H and O–H groups in total. The van der Waals surface area contributed by atoms with E-state index in [1.807, 2.05) is 0 Å². The van der Waals surface area contributed by atoms with Gasteiger partial charge in [0.1, 0.15) is 0 Å². The maximum atomic E-state index is 5.94. The van der Waals surface area contributed by atoms with E-state index in [0.717, 1.165) is 24.3 Å². The summed E-state index contributed by atoms with van der Waals surface area (Å²) in [5.41, 5.74) is 6.22. The van der Waals surface area contributed by atoms with Crippen LogP contribution in [0.1, 0.15) is 33.1 Å². The highest BCUT2D eigenvalue weighted by Crippen LogP contribution is 2.44. The third kappa shape index (κ3) is 1.82. The number of nitrogens with zero attached hydrogens (tertiary/aromatic N) is 1. The molecule has 0 aliphatic heterocycles. The molecule has 2 nitrogen and oxygen atoms in total. The summed E-state index contributed by atoms with van der Waals surface area (Å²) in [5.74, 6) is 2.77. The van der Waals surface area contributed by atoms with Gasteiger partial charge < -0.3 is 5.73 Å². The van der Waals surface area contributed by atoms with Crippen molar-refractivity contribution in [2.45, 2.75) is 38.6 Å². The Kier molecular flexibility index (Phi) is 2.61. The Morgan fingerprint density at radius 1 is 1.43 bits per heavy atom. The maximum absolute atomic E-state index is 5.94. The third-order valence-corrected chi connectivity index (χ3v) is 4.53. The molecule has 3 unspecified atom stereocenters. The molecule has 14 heavy (non-hydrogen) atoms. The zero-order valence-electron chi connectivity index (χ0n) is 9.79. The largest absolute Gasteiger partial charge is 0.329 e. The number of hydrogen-bond donors (Lipinski definition) is 1. The second-order valence-corrected chi connectivity index (χ2v) is 5.69. The zero-order chi connectivity index (χ0) is 10.3. The van der Waals surface area contributed by atoms with Crippen molar-refractivity contribution in [3.63, 3.8) is 0 Å². The molecule has 0 radical (unpaired) electrons. The number of likely N-dealkylation sites (N-methyl/N-ethyl adjacent to an activating group) is 1. The molecule has 2 rings (SSSR count). The summed E-state index contributed by atoms with van der Waals surface area (Å²) in [7, 11) is 2.26. The van der Waals surface area contributed by atoms with Gasteiger partial charge in [0.05, 0.1) is 0 Å². The fourth-order valence-electron chi connectivity index (χ4n) is 2.55. The topological polar surface area (TPSA) is 29.3 Å². The maximum Gasteiger partial charge on any atom is 0.0328 e. The van der Waals surface area contributed by atoms with Crippen molar-refractivity contribution in [1.82, 2.24) is 4.90 Å². The van der Waals surface area contributed by atoms with Crippen molar-refractivity contribution in [2.24, 2.45) is 23.5 Å². The molecular weight excluding hydrogens is 172 g/mol. The summed E-state index contributed by atoms with van der Waals surface area (Å²) in [6.45, 7) is 6.77. The molecule has 0 amide bonds. The van der Waals surface area contributed by atoms with E-state index in [2.05, 4.69) is 25.8 Å². The van der Waals surface area contributed by atoms with Gasteiger partial charge in [-0.3, -0.25) is 4.90 Å². The van der Waals surface area contributed by atoms with Crippen molar-refractivity contribution >= 4 is 0 Å². The minimum Gasteiger partial charge on any atom is -0.329 e. The van der Waals surface area contributed by atoms with E-state index < -0.39 is 0 Å². The van der Waals surface area contributed by atoms with Crippen LogP contribution in [0.2, 0.25) is 0 Å². The predicted molar refractivity (Wildman–Crippen MR) is 60.1 cm³/mol. The minimum atomic E-state index is 0.280. The second-order valence-electron chi connectivity index (χ2n) is 5.69. The van der Waals surface area contributed by atoms with E-state index in [0.29, 0.717) is 0 Å². The van der Waals surface area contributed by atoms with Crippen LogP contribution >= 0.6 is 0 Å². The fourth-order valence-corrected chi connectivity index (χ4v) is 2.55. The van der Waals surface area contributed by atoms with E-state index >= 15 is 0 Å². The van der Waals surface area contributed by atoms with Gasteiger partial charge in [0.2, 0.25) is 0 Å². The minimum absolute atomic E-state index is 0.280. The van der Waals surface area contributed by atoms with Crippen LogP contribution < -0.4 is 5.73 Å². The molecule has 2 heteroatoms. The Bertz CT molecular complexity index is 212. The third-order valence-electron chi connectivity index (χ3n) is 4.53. The molecule has 0 aromatic rings. The predicted octanol–water partition coefficient (Wildman–Crippen LogP) is 1.70. The van der Waals surface area contributed by atoms with E-state index in [-0.39, 0.29) is 5.54 Å². The molecule has 2 fully saturated rings. The van der Waals surface area contributed by atoms with E-state index in [1.54, 1.807) is 0 Å². The highest BCUT2D eigenvalue weighted by Gasteiger charge is 2.45. The monoisotopic (exact) mass is 196 g/mol. The van der Waals surface area contributed by atoms with Crippen molar-refractivity contribution < 1.29 is 0 Å². The van der Waals surface area contributed by atoms with Crippen LogP contribution in [0, 0.1) is 17.8 Å². The molecule has 0 bridgehead atoms. The van der Waals surface area contributed by atoms with E-state index in [1.165, 1.54) is 25.8 Å². The lowest BCUT2D eigenvalue weighted by Crippen LogP contribution is -2.52. The first-order valence-corrected chi connectivity index (χ1v) is 5.99. The van der Waals surface area contributed by atoms with Gasteiger partial charge in [0, 0.05) is 18.6 Å². The molecule has 0 aromatic heterocycles. The molecule has 2 aliphatic carbocycles. The normalized spacial score (nSPS) is 35.8. The Labute approximate surface area is 87.8 Å². The first-order valence-electron chi connectivity index (χ1n) is 5.99. The zero-order valence-corrected chi connectivity index (χ0v) is 9.79. The van der Waals surface area contributed by atoms with Gasteiger partial charge in [-0.15, -0.1) is 0 Å². The second kappa shape index (κ2) is 3.49. The van der Waals surface area contributed by atoms with Crippen molar-refractivity contribution in [2.75, 3.05) is 20.1 Å². The van der Waals surface area contributed by atoms with Gasteiger partial charge >= 0.3 is 0 Å². The lowest BCUT2D eigenvalue weighted by atomic mass is 9.93. The summed E-state index contributed by atoms with van der Waals surface area (Å²) < 4.78 is 0. The van der Waals surface area contributed by atoms with Crippen LogP contribution in [0.25, 0.3) is 0 Å². The van der Waals surface area contributed by atoms with E-state index in [9.17, 15) is 0 Å². The molecule has 0 aromatic carbocycles. The molecule has 82 valence electrons. The Balaban J connectivity index is 1.89. The van der Waals surface area contributed by atoms with Crippen molar-refractivity contribution in [3.8, 4) is 0 Å². The van der Waals surface area contributed by atoms with Gasteiger partial charge in [-0.2, -0.15) is 0 Å². The van der Waals surface area contributed by atoms with Crippen molar-refractivity contribution in [3.05, 3.63) is 0 Å². The van der Waals surface area contributed by atoms with Gasteiger partial charge in [-0.1, -0.05) is 6.92 Å². The standard InChI is InChI=1S/C12H24N2/c1-9-6-10(9)7-14(3)12(2,8-13)11-4-5-11/h9-11H,4-8,13H2,1-3H3. The molecule has 2 saturated carbocycles. The molecule has 3 atom stereocenters. The summed E-state index contributed by atoms with van der Waals surface area (Å²) in [4.78, 5) is 2.53. The first kappa shape index (κ1) is 10.4. The van der Waals surface area contributed by atoms with Gasteiger partial charge in [-0.05, 0) is 51.0 Å². The average molecular weight is 196 g/mol. The van der Waals surface area contributed by atoms with Gasteiger partial charge in [0.15, 0.2) is 0 Å². The molecule has 0 spiro atoms. The fraction of sp³-hybridized carbons (Fsp3) is 1.00. The van der Waals surface area contributed by atoms with Gasteiger partial charge in [0.25, 0.3) is 0 Å². The Morgan fingerprint density at radius 2 is 2.00 bits per heavy atom. The summed E-state index contributed by atoms with van der Waals surface area (Å²) >= 11 is 0. The number of hydrogen-bond acceptors (Lipinski definition) is 2. The smallest absolute Gasteiger partial charge is 0.0328 e. The number of nitrogens with two attached hydrogens (primary N) is 1. The highest BCUT2D eigenvalue weighted by molar-refractivity contribution is 5.00. The first-order chi connectivity index (χ1) is 6.58. The summed E-state index contributed by atoms with van der Waals surface area (Å²) in [6, 6.07) is 0. The van der Waals surface area contributed by atoms with Crippen molar-refractivity contribution in [1.29, 1.82) is 0 Å². The average Bonchev–Trinajstić information content (AvgIpc) is 3.01. The van der Waals surface area contributed by atoms with Crippen LogP contribution in [0.3, 0.4) is 0 Å². The number of rotatable bonds is 5. The van der Waals surface area contributed by atoms with Crippen LogP contribution in [-0.4, -0.2) is 30.6 Å². The lowest BCUT2D eigenvalue weighted by molar-refractivity contribution is 0.113. The SMILES string of the molecule is CC1CC1CN(C)C(C)(CN)C1CC1. The molecular formula is C12H24N2. The van der Waals surface area contributed by atoms with Crippen LogP contribution in [0.5, 0.6) is 0 Å². The van der Waals surface area contributed by atoms with Crippen LogP contribution in [0.15, 0.2) is 0 Å². The molecule has 0 heterocycles.